The largest absolute Gasteiger partial charge is 0.335 e. The van der Waals surface area contributed by atoms with Gasteiger partial charge in [0.15, 0.2) is 5.03 Å². The van der Waals surface area contributed by atoms with Crippen LogP contribution in [0.2, 0.25) is 0 Å². The highest BCUT2D eigenvalue weighted by Gasteiger charge is 2.34. The molecule has 0 aliphatic carbocycles. The number of nitrogens with zero attached hydrogens (tertiary/aromatic N) is 2. The highest BCUT2D eigenvalue weighted by molar-refractivity contribution is 7.89. The molecule has 2 rings (SSSR count). The molecule has 7 heteroatoms. The summed E-state index contributed by atoms with van der Waals surface area (Å²) in [5.41, 5.74) is 0. The Bertz CT molecular complexity index is 500. The molecule has 0 aromatic carbocycles. The van der Waals surface area contributed by atoms with Crippen molar-refractivity contribution in [2.24, 2.45) is 5.92 Å². The molecule has 20 heavy (non-hydrogen) atoms. The molecule has 2 N–H and O–H groups in total. The lowest BCUT2D eigenvalue weighted by atomic mass is 9.91. The number of sulfonamides is 1. The summed E-state index contributed by atoms with van der Waals surface area (Å²) in [6, 6.07) is 0.424. The minimum absolute atomic E-state index is 0.187. The topological polar surface area (TPSA) is 78.1 Å². The van der Waals surface area contributed by atoms with Crippen LogP contribution in [0, 0.1) is 5.92 Å². The van der Waals surface area contributed by atoms with Crippen LogP contribution in [0.25, 0.3) is 0 Å². The number of H-pyrrole nitrogens is 1. The minimum atomic E-state index is -3.42. The monoisotopic (exact) mass is 300 g/mol. The molecule has 2 unspecified atom stereocenters. The molecule has 1 aliphatic rings. The number of aromatic nitrogens is 2. The molecule has 6 nitrogen and oxygen atoms in total. The molecule has 1 fully saturated rings. The first-order chi connectivity index (χ1) is 9.59. The van der Waals surface area contributed by atoms with Crippen LogP contribution >= 0.6 is 0 Å². The van der Waals surface area contributed by atoms with Crippen LogP contribution in [-0.4, -0.2) is 48.4 Å². The van der Waals surface area contributed by atoms with Crippen molar-refractivity contribution in [1.29, 1.82) is 0 Å². The van der Waals surface area contributed by atoms with Crippen molar-refractivity contribution < 1.29 is 8.42 Å². The molecular formula is C13H24N4O2S. The fourth-order valence-electron chi connectivity index (χ4n) is 2.75. The average Bonchev–Trinajstić information content (AvgIpc) is 2.99. The van der Waals surface area contributed by atoms with Gasteiger partial charge in [0.1, 0.15) is 0 Å². The van der Waals surface area contributed by atoms with E-state index in [1.165, 1.54) is 12.5 Å². The zero-order valence-electron chi connectivity index (χ0n) is 12.2. The number of hydrogen-bond donors (Lipinski definition) is 2. The van der Waals surface area contributed by atoms with Gasteiger partial charge in [-0.05, 0) is 25.3 Å². The van der Waals surface area contributed by atoms with E-state index in [9.17, 15) is 8.42 Å². The maximum absolute atomic E-state index is 12.5. The van der Waals surface area contributed by atoms with Gasteiger partial charge in [-0.2, -0.15) is 4.31 Å². The van der Waals surface area contributed by atoms with Gasteiger partial charge in [-0.25, -0.2) is 13.4 Å². The lowest BCUT2D eigenvalue weighted by Crippen LogP contribution is -2.51. The Morgan fingerprint density at radius 3 is 2.90 bits per heavy atom. The van der Waals surface area contributed by atoms with Gasteiger partial charge < -0.3 is 10.3 Å². The number of rotatable bonds is 6. The fraction of sp³-hybridized carbons (Fsp3) is 0.769. The summed E-state index contributed by atoms with van der Waals surface area (Å²) in [4.78, 5) is 6.50. The van der Waals surface area contributed by atoms with E-state index in [0.717, 1.165) is 25.8 Å². The van der Waals surface area contributed by atoms with E-state index < -0.39 is 10.0 Å². The molecule has 1 aliphatic heterocycles. The summed E-state index contributed by atoms with van der Waals surface area (Å²) >= 11 is 0. The van der Waals surface area contributed by atoms with Gasteiger partial charge in [0, 0.05) is 19.1 Å². The first-order valence-corrected chi connectivity index (χ1v) is 8.75. The summed E-state index contributed by atoms with van der Waals surface area (Å²) in [5, 5.41) is 3.72. The molecule has 1 saturated heterocycles. The van der Waals surface area contributed by atoms with E-state index in [0.29, 0.717) is 25.0 Å². The molecule has 1 aromatic rings. The molecule has 2 heterocycles. The summed E-state index contributed by atoms with van der Waals surface area (Å²) < 4.78 is 26.5. The van der Waals surface area contributed by atoms with Crippen molar-refractivity contribution in [1.82, 2.24) is 19.6 Å². The van der Waals surface area contributed by atoms with E-state index in [1.54, 1.807) is 4.31 Å². The molecule has 114 valence electrons. The number of hydrogen-bond acceptors (Lipinski definition) is 4. The van der Waals surface area contributed by atoms with Crippen LogP contribution in [0.15, 0.2) is 17.6 Å². The fourth-order valence-corrected chi connectivity index (χ4v) is 4.16. The van der Waals surface area contributed by atoms with Gasteiger partial charge in [-0.15, -0.1) is 0 Å². The number of nitrogens with one attached hydrogen (secondary N) is 2. The third-order valence-electron chi connectivity index (χ3n) is 3.97. The summed E-state index contributed by atoms with van der Waals surface area (Å²) in [5.74, 6) is 0.369. The Kier molecular flexibility index (Phi) is 5.17. The number of piperidine rings is 1. The van der Waals surface area contributed by atoms with E-state index in [2.05, 4.69) is 29.1 Å². The van der Waals surface area contributed by atoms with Crippen LogP contribution in [0.4, 0.5) is 0 Å². The van der Waals surface area contributed by atoms with Crippen molar-refractivity contribution in [3.8, 4) is 0 Å². The van der Waals surface area contributed by atoms with Gasteiger partial charge in [-0.1, -0.05) is 20.3 Å². The van der Waals surface area contributed by atoms with Gasteiger partial charge in [0.25, 0.3) is 10.0 Å². The van der Waals surface area contributed by atoms with Gasteiger partial charge in [-0.3, -0.25) is 0 Å². The third-order valence-corrected chi connectivity index (χ3v) is 5.76. The van der Waals surface area contributed by atoms with E-state index >= 15 is 0 Å². The predicted octanol–water partition coefficient (Wildman–Crippen LogP) is 1.20. The normalized spacial score (nSPS) is 24.9. The zero-order valence-corrected chi connectivity index (χ0v) is 13.0. The molecule has 0 radical (unpaired) electrons. The zero-order chi connectivity index (χ0) is 14.6. The third kappa shape index (κ3) is 3.21. The highest BCUT2D eigenvalue weighted by atomic mass is 32.2. The second-order valence-electron chi connectivity index (χ2n) is 5.30. The Morgan fingerprint density at radius 1 is 1.50 bits per heavy atom. The van der Waals surface area contributed by atoms with Crippen LogP contribution in [0.3, 0.4) is 0 Å². The van der Waals surface area contributed by atoms with Crippen LogP contribution < -0.4 is 5.32 Å². The first kappa shape index (κ1) is 15.5. The van der Waals surface area contributed by atoms with Crippen LogP contribution in [0.5, 0.6) is 0 Å². The van der Waals surface area contributed by atoms with Crippen molar-refractivity contribution >= 4 is 10.0 Å². The van der Waals surface area contributed by atoms with Crippen LogP contribution in [-0.2, 0) is 10.0 Å². The van der Waals surface area contributed by atoms with E-state index in [4.69, 9.17) is 0 Å². The van der Waals surface area contributed by atoms with E-state index in [-0.39, 0.29) is 5.03 Å². The summed E-state index contributed by atoms with van der Waals surface area (Å²) in [6.45, 7) is 6.41. The maximum atomic E-state index is 12.5. The second kappa shape index (κ2) is 6.69. The van der Waals surface area contributed by atoms with Gasteiger partial charge >= 0.3 is 0 Å². The van der Waals surface area contributed by atoms with Crippen molar-refractivity contribution in [3.05, 3.63) is 12.5 Å². The first-order valence-electron chi connectivity index (χ1n) is 7.31. The second-order valence-corrected chi connectivity index (χ2v) is 7.20. The predicted molar refractivity (Wildman–Crippen MR) is 77.8 cm³/mol. The molecular weight excluding hydrogens is 276 g/mol. The smallest absolute Gasteiger partial charge is 0.260 e. The number of aromatic amines is 1. The van der Waals surface area contributed by atoms with Crippen molar-refractivity contribution in [3.63, 3.8) is 0 Å². The molecule has 1 aromatic heterocycles. The molecule has 0 spiro atoms. The van der Waals surface area contributed by atoms with E-state index in [1.807, 2.05) is 0 Å². The Morgan fingerprint density at radius 2 is 2.30 bits per heavy atom. The Labute approximate surface area is 121 Å². The standard InChI is InChI=1S/C13H24N4O2S/c1-3-6-15-12-5-7-17(9-11(12)4-2)20(18,19)13-8-14-10-16-13/h8,10-12,15H,3-7,9H2,1-2H3,(H,14,16). The SMILES string of the molecule is CCCNC1CCN(S(=O)(=O)c2cnc[nH]2)CC1CC. The van der Waals surface area contributed by atoms with Gasteiger partial charge in [0.05, 0.1) is 12.5 Å². The number of imidazole rings is 1. The highest BCUT2D eigenvalue weighted by Crippen LogP contribution is 2.24. The quantitative estimate of drug-likeness (QED) is 0.827. The van der Waals surface area contributed by atoms with Crippen molar-refractivity contribution in [2.45, 2.75) is 44.2 Å². The Hall–Kier alpha value is -0.920. The maximum Gasteiger partial charge on any atom is 0.260 e. The van der Waals surface area contributed by atoms with Crippen molar-refractivity contribution in [2.75, 3.05) is 19.6 Å². The average molecular weight is 300 g/mol. The lowest BCUT2D eigenvalue weighted by molar-refractivity contribution is 0.202. The minimum Gasteiger partial charge on any atom is -0.335 e. The Balaban J connectivity index is 2.06. The molecule has 2 atom stereocenters. The molecule has 0 saturated carbocycles. The molecule has 0 amide bonds. The van der Waals surface area contributed by atoms with Gasteiger partial charge in [0.2, 0.25) is 0 Å². The molecule has 0 bridgehead atoms. The lowest BCUT2D eigenvalue weighted by Gasteiger charge is -2.37. The van der Waals surface area contributed by atoms with Crippen LogP contribution in [0.1, 0.15) is 33.1 Å². The summed E-state index contributed by atoms with van der Waals surface area (Å²) in [7, 11) is -3.42. The summed E-state index contributed by atoms with van der Waals surface area (Å²) in [6.07, 6.45) is 5.72.